The molecule has 0 radical (unpaired) electrons. The fourth-order valence-corrected chi connectivity index (χ4v) is 2.44. The van der Waals surface area contributed by atoms with Crippen LogP contribution in [0.4, 0.5) is 5.69 Å². The first kappa shape index (κ1) is 18.1. The number of nitrogens with one attached hydrogen (secondary N) is 1. The van der Waals surface area contributed by atoms with Crippen LogP contribution >= 0.6 is 11.6 Å². The second-order valence-electron chi connectivity index (χ2n) is 5.37. The van der Waals surface area contributed by atoms with Gasteiger partial charge in [0.2, 0.25) is 5.91 Å². The number of anilines is 1. The van der Waals surface area contributed by atoms with E-state index in [4.69, 9.17) is 21.1 Å². The second kappa shape index (κ2) is 9.18. The van der Waals surface area contributed by atoms with Crippen LogP contribution in [0.15, 0.2) is 42.5 Å². The SMILES string of the molecule is CCOc1ccc(NC(=O)CCCOc2ccc(Cl)cc2C)cc1. The number of carbonyl (C=O) groups is 1. The summed E-state index contributed by atoms with van der Waals surface area (Å²) in [6.45, 7) is 4.99. The molecule has 0 unspecified atom stereocenters. The predicted octanol–water partition coefficient (Wildman–Crippen LogP) is 4.84. The monoisotopic (exact) mass is 347 g/mol. The van der Waals surface area contributed by atoms with Gasteiger partial charge in [-0.3, -0.25) is 4.79 Å². The van der Waals surface area contributed by atoms with Crippen molar-refractivity contribution in [1.82, 2.24) is 0 Å². The summed E-state index contributed by atoms with van der Waals surface area (Å²) in [5, 5.41) is 3.55. The number of hydrogen-bond donors (Lipinski definition) is 1. The van der Waals surface area contributed by atoms with Crippen LogP contribution in [-0.4, -0.2) is 19.1 Å². The Labute approximate surface area is 147 Å². The number of aryl methyl sites for hydroxylation is 1. The third kappa shape index (κ3) is 5.78. The van der Waals surface area contributed by atoms with Crippen LogP contribution in [-0.2, 0) is 4.79 Å². The number of hydrogen-bond acceptors (Lipinski definition) is 3. The summed E-state index contributed by atoms with van der Waals surface area (Å²) in [5.74, 6) is 1.56. The molecule has 2 aromatic rings. The quantitative estimate of drug-likeness (QED) is 0.695. The molecule has 128 valence electrons. The van der Waals surface area contributed by atoms with Crippen molar-refractivity contribution < 1.29 is 14.3 Å². The number of rotatable bonds is 8. The Morgan fingerprint density at radius 2 is 1.88 bits per heavy atom. The van der Waals surface area contributed by atoms with Gasteiger partial charge in [-0.05, 0) is 68.3 Å². The van der Waals surface area contributed by atoms with Gasteiger partial charge >= 0.3 is 0 Å². The molecule has 0 fully saturated rings. The van der Waals surface area contributed by atoms with Gasteiger partial charge in [0.15, 0.2) is 0 Å². The number of amides is 1. The molecule has 0 saturated carbocycles. The van der Waals surface area contributed by atoms with E-state index in [9.17, 15) is 4.79 Å². The Bertz CT molecular complexity index is 671. The van der Waals surface area contributed by atoms with Gasteiger partial charge in [-0.2, -0.15) is 0 Å². The summed E-state index contributed by atoms with van der Waals surface area (Å²) in [5.41, 5.74) is 1.75. The van der Waals surface area contributed by atoms with Crippen molar-refractivity contribution in [2.45, 2.75) is 26.7 Å². The fourth-order valence-electron chi connectivity index (χ4n) is 2.21. The standard InChI is InChI=1S/C19H22ClNO3/c1-3-23-17-9-7-16(8-10-17)21-19(22)5-4-12-24-18-11-6-15(20)13-14(18)2/h6-11,13H,3-5,12H2,1-2H3,(H,21,22). The third-order valence-electron chi connectivity index (χ3n) is 3.39. The smallest absolute Gasteiger partial charge is 0.224 e. The fraction of sp³-hybridized carbons (Fsp3) is 0.316. The van der Waals surface area contributed by atoms with Crippen molar-refractivity contribution in [2.75, 3.05) is 18.5 Å². The number of ether oxygens (including phenoxy) is 2. The summed E-state index contributed by atoms with van der Waals surface area (Å²) in [7, 11) is 0. The molecular formula is C19H22ClNO3. The minimum Gasteiger partial charge on any atom is -0.494 e. The first-order valence-electron chi connectivity index (χ1n) is 8.00. The van der Waals surface area contributed by atoms with Crippen molar-refractivity contribution in [1.29, 1.82) is 0 Å². The zero-order chi connectivity index (χ0) is 17.4. The number of halogens is 1. The van der Waals surface area contributed by atoms with Crippen LogP contribution in [0.3, 0.4) is 0 Å². The average Bonchev–Trinajstić information content (AvgIpc) is 2.55. The van der Waals surface area contributed by atoms with Crippen molar-refractivity contribution in [3.63, 3.8) is 0 Å². The molecule has 0 saturated heterocycles. The predicted molar refractivity (Wildman–Crippen MR) is 97.2 cm³/mol. The van der Waals surface area contributed by atoms with E-state index < -0.39 is 0 Å². The van der Waals surface area contributed by atoms with E-state index >= 15 is 0 Å². The largest absolute Gasteiger partial charge is 0.494 e. The molecule has 0 aliphatic heterocycles. The lowest BCUT2D eigenvalue weighted by Gasteiger charge is -2.10. The molecule has 1 N–H and O–H groups in total. The highest BCUT2D eigenvalue weighted by atomic mass is 35.5. The van der Waals surface area contributed by atoms with Crippen LogP contribution in [0.5, 0.6) is 11.5 Å². The van der Waals surface area contributed by atoms with Crippen LogP contribution in [0.2, 0.25) is 5.02 Å². The molecule has 4 nitrogen and oxygen atoms in total. The van der Waals surface area contributed by atoms with Crippen molar-refractivity contribution in [2.24, 2.45) is 0 Å². The van der Waals surface area contributed by atoms with Gasteiger partial charge in [-0.1, -0.05) is 11.6 Å². The van der Waals surface area contributed by atoms with E-state index in [1.807, 2.05) is 50.2 Å². The van der Waals surface area contributed by atoms with Crippen molar-refractivity contribution in [3.8, 4) is 11.5 Å². The van der Waals surface area contributed by atoms with Crippen molar-refractivity contribution >= 4 is 23.2 Å². The van der Waals surface area contributed by atoms with Gasteiger partial charge in [-0.25, -0.2) is 0 Å². The van der Waals surface area contributed by atoms with E-state index in [1.54, 1.807) is 6.07 Å². The van der Waals surface area contributed by atoms with Crippen molar-refractivity contribution in [3.05, 3.63) is 53.1 Å². The molecule has 5 heteroatoms. The Morgan fingerprint density at radius 1 is 1.12 bits per heavy atom. The van der Waals surface area contributed by atoms with E-state index in [1.165, 1.54) is 0 Å². The van der Waals surface area contributed by atoms with Gasteiger partial charge in [0.1, 0.15) is 11.5 Å². The summed E-state index contributed by atoms with van der Waals surface area (Å²) < 4.78 is 11.0. The van der Waals surface area contributed by atoms with Crippen LogP contribution in [0.25, 0.3) is 0 Å². The topological polar surface area (TPSA) is 47.6 Å². The van der Waals surface area contributed by atoms with Gasteiger partial charge in [-0.15, -0.1) is 0 Å². The minimum atomic E-state index is -0.0319. The molecule has 0 spiro atoms. The molecule has 24 heavy (non-hydrogen) atoms. The highest BCUT2D eigenvalue weighted by molar-refractivity contribution is 6.30. The zero-order valence-corrected chi connectivity index (χ0v) is 14.7. The van der Waals surface area contributed by atoms with Crippen LogP contribution in [0.1, 0.15) is 25.3 Å². The molecule has 0 heterocycles. The first-order valence-corrected chi connectivity index (χ1v) is 8.38. The zero-order valence-electron chi connectivity index (χ0n) is 14.0. The lowest BCUT2D eigenvalue weighted by molar-refractivity contribution is -0.116. The Morgan fingerprint density at radius 3 is 2.54 bits per heavy atom. The molecule has 0 aromatic heterocycles. The lowest BCUT2D eigenvalue weighted by Crippen LogP contribution is -2.12. The van der Waals surface area contributed by atoms with Gasteiger partial charge < -0.3 is 14.8 Å². The molecule has 1 amide bonds. The average molecular weight is 348 g/mol. The van der Waals surface area contributed by atoms with Gasteiger partial charge in [0.05, 0.1) is 13.2 Å². The highest BCUT2D eigenvalue weighted by Gasteiger charge is 2.04. The lowest BCUT2D eigenvalue weighted by atomic mass is 10.2. The molecule has 0 bridgehead atoms. The first-order chi connectivity index (χ1) is 11.6. The maximum atomic E-state index is 11.9. The molecule has 0 atom stereocenters. The van der Waals surface area contributed by atoms with Crippen LogP contribution < -0.4 is 14.8 Å². The van der Waals surface area contributed by atoms with E-state index in [0.717, 1.165) is 22.7 Å². The maximum Gasteiger partial charge on any atom is 0.224 e. The molecule has 0 aliphatic rings. The van der Waals surface area contributed by atoms with E-state index in [0.29, 0.717) is 31.1 Å². The molecular weight excluding hydrogens is 326 g/mol. The normalized spacial score (nSPS) is 10.3. The molecule has 0 aliphatic carbocycles. The second-order valence-corrected chi connectivity index (χ2v) is 5.80. The van der Waals surface area contributed by atoms with E-state index in [2.05, 4.69) is 5.32 Å². The summed E-state index contributed by atoms with van der Waals surface area (Å²) in [6, 6.07) is 12.8. The molecule has 2 rings (SSSR count). The summed E-state index contributed by atoms with van der Waals surface area (Å²) in [4.78, 5) is 11.9. The maximum absolute atomic E-state index is 11.9. The minimum absolute atomic E-state index is 0.0319. The molecule has 2 aromatic carbocycles. The van der Waals surface area contributed by atoms with E-state index in [-0.39, 0.29) is 5.91 Å². The number of carbonyl (C=O) groups excluding carboxylic acids is 1. The third-order valence-corrected chi connectivity index (χ3v) is 3.63. The Kier molecular flexibility index (Phi) is 6.94. The Hall–Kier alpha value is -2.20. The van der Waals surface area contributed by atoms with Crippen LogP contribution in [0, 0.1) is 6.92 Å². The Balaban J connectivity index is 1.71. The highest BCUT2D eigenvalue weighted by Crippen LogP contribution is 2.22. The number of benzene rings is 2. The summed E-state index contributed by atoms with van der Waals surface area (Å²) >= 11 is 5.91. The summed E-state index contributed by atoms with van der Waals surface area (Å²) in [6.07, 6.45) is 1.05. The van der Waals surface area contributed by atoms with Gasteiger partial charge in [0, 0.05) is 17.1 Å². The van der Waals surface area contributed by atoms with Gasteiger partial charge in [0.25, 0.3) is 0 Å².